The quantitative estimate of drug-likeness (QED) is 0.381. The number of likely N-dealkylation sites (tertiary alicyclic amines) is 1. The van der Waals surface area contributed by atoms with E-state index in [-0.39, 0.29) is 0 Å². The van der Waals surface area contributed by atoms with Crippen molar-refractivity contribution in [2.75, 3.05) is 46.9 Å². The highest BCUT2D eigenvalue weighted by molar-refractivity contribution is 5.79. The minimum Gasteiger partial charge on any atom is -0.493 e. The summed E-state index contributed by atoms with van der Waals surface area (Å²) in [7, 11) is 3.30. The first kappa shape index (κ1) is 20.4. The van der Waals surface area contributed by atoms with Crippen LogP contribution in [0.4, 0.5) is 0 Å². The molecule has 1 heterocycles. The fraction of sp³-hybridized carbons (Fsp3) is 0.650. The van der Waals surface area contributed by atoms with Gasteiger partial charge in [-0.2, -0.15) is 0 Å². The van der Waals surface area contributed by atoms with E-state index in [1.807, 2.05) is 18.2 Å². The Hall–Kier alpha value is -1.95. The molecule has 0 aromatic heterocycles. The molecule has 1 saturated heterocycles. The maximum atomic E-state index is 5.36. The third-order valence-corrected chi connectivity index (χ3v) is 4.60. The normalized spacial score (nSPS) is 15.1. The number of nitrogens with one attached hydrogen (secondary N) is 2. The second-order valence-electron chi connectivity index (χ2n) is 6.57. The molecule has 0 saturated carbocycles. The van der Waals surface area contributed by atoms with Gasteiger partial charge in [0.25, 0.3) is 0 Å². The number of methoxy groups -OCH3 is 2. The molecule has 0 atom stereocenters. The highest BCUT2D eigenvalue weighted by Gasteiger charge is 2.10. The molecule has 0 unspecified atom stereocenters. The van der Waals surface area contributed by atoms with E-state index < -0.39 is 0 Å². The fourth-order valence-electron chi connectivity index (χ4n) is 3.16. The lowest BCUT2D eigenvalue weighted by molar-refractivity contribution is 0.330. The molecule has 2 N–H and O–H groups in total. The van der Waals surface area contributed by atoms with Gasteiger partial charge in [-0.3, -0.25) is 0 Å². The average molecular weight is 363 g/mol. The number of aliphatic imine (C=N–C) groups is 1. The van der Waals surface area contributed by atoms with E-state index in [0.29, 0.717) is 6.54 Å². The summed E-state index contributed by atoms with van der Waals surface area (Å²) in [4.78, 5) is 7.24. The number of guanidine groups is 1. The smallest absolute Gasteiger partial charge is 0.191 e. The van der Waals surface area contributed by atoms with Crippen LogP contribution in [0.15, 0.2) is 23.2 Å². The largest absolute Gasteiger partial charge is 0.493 e. The van der Waals surface area contributed by atoms with Crippen molar-refractivity contribution >= 4 is 5.96 Å². The number of nitrogens with zero attached hydrogens (tertiary/aromatic N) is 2. The molecule has 1 aromatic rings. The van der Waals surface area contributed by atoms with Crippen molar-refractivity contribution in [3.63, 3.8) is 0 Å². The zero-order chi connectivity index (χ0) is 18.6. The van der Waals surface area contributed by atoms with Crippen molar-refractivity contribution in [1.29, 1.82) is 0 Å². The van der Waals surface area contributed by atoms with Crippen LogP contribution in [0.3, 0.4) is 0 Å². The van der Waals surface area contributed by atoms with E-state index in [0.717, 1.165) is 42.5 Å². The first-order chi connectivity index (χ1) is 12.8. The van der Waals surface area contributed by atoms with Gasteiger partial charge >= 0.3 is 0 Å². The summed E-state index contributed by atoms with van der Waals surface area (Å²) in [5, 5.41) is 6.74. The summed E-state index contributed by atoms with van der Waals surface area (Å²) >= 11 is 0. The summed E-state index contributed by atoms with van der Waals surface area (Å²) < 4.78 is 10.6. The van der Waals surface area contributed by atoms with E-state index in [9.17, 15) is 0 Å². The molecular formula is C20H34N4O2. The van der Waals surface area contributed by atoms with Gasteiger partial charge in [-0.15, -0.1) is 0 Å². The van der Waals surface area contributed by atoms with Crippen LogP contribution in [0.5, 0.6) is 11.5 Å². The number of ether oxygens (including phenoxy) is 2. The minimum absolute atomic E-state index is 0.601. The number of rotatable bonds is 10. The lowest BCUT2D eigenvalue weighted by Crippen LogP contribution is -2.38. The third-order valence-electron chi connectivity index (χ3n) is 4.60. The highest BCUT2D eigenvalue weighted by Crippen LogP contribution is 2.27. The van der Waals surface area contributed by atoms with Crippen LogP contribution < -0.4 is 20.1 Å². The molecule has 1 aliphatic heterocycles. The number of hydrogen-bond donors (Lipinski definition) is 2. The Balaban J connectivity index is 1.78. The lowest BCUT2D eigenvalue weighted by Gasteiger charge is -2.15. The summed E-state index contributed by atoms with van der Waals surface area (Å²) in [6.07, 6.45) is 5.14. The van der Waals surface area contributed by atoms with Gasteiger partial charge in [-0.25, -0.2) is 4.99 Å². The van der Waals surface area contributed by atoms with Gasteiger partial charge in [0.15, 0.2) is 17.5 Å². The summed E-state index contributed by atoms with van der Waals surface area (Å²) in [5.74, 6) is 2.34. The van der Waals surface area contributed by atoms with Crippen LogP contribution in [0.25, 0.3) is 0 Å². The molecule has 0 aliphatic carbocycles. The summed E-state index contributed by atoms with van der Waals surface area (Å²) in [5.41, 5.74) is 1.09. The zero-order valence-electron chi connectivity index (χ0n) is 16.5. The first-order valence-corrected chi connectivity index (χ1v) is 9.72. The van der Waals surface area contributed by atoms with Crippen LogP contribution >= 0.6 is 0 Å². The molecular weight excluding hydrogens is 328 g/mol. The van der Waals surface area contributed by atoms with E-state index in [1.165, 1.54) is 38.9 Å². The lowest BCUT2D eigenvalue weighted by atomic mass is 10.2. The average Bonchev–Trinajstić information content (AvgIpc) is 3.19. The number of benzene rings is 1. The van der Waals surface area contributed by atoms with Crippen LogP contribution in [0.1, 0.15) is 38.2 Å². The van der Waals surface area contributed by atoms with Crippen LogP contribution in [-0.4, -0.2) is 57.8 Å². The van der Waals surface area contributed by atoms with Gasteiger partial charge in [-0.05, 0) is 69.9 Å². The van der Waals surface area contributed by atoms with E-state index in [1.54, 1.807) is 14.2 Å². The van der Waals surface area contributed by atoms with Gasteiger partial charge in [0.1, 0.15) is 0 Å². The molecule has 0 amide bonds. The Labute approximate surface area is 158 Å². The third kappa shape index (κ3) is 6.75. The van der Waals surface area contributed by atoms with Crippen molar-refractivity contribution in [2.24, 2.45) is 4.99 Å². The zero-order valence-corrected chi connectivity index (χ0v) is 16.5. The fourth-order valence-corrected chi connectivity index (χ4v) is 3.16. The minimum atomic E-state index is 0.601. The van der Waals surface area contributed by atoms with E-state index in [2.05, 4.69) is 27.4 Å². The Kier molecular flexibility index (Phi) is 9.10. The second kappa shape index (κ2) is 11.6. The highest BCUT2D eigenvalue weighted by atomic mass is 16.5. The van der Waals surface area contributed by atoms with Gasteiger partial charge in [0.2, 0.25) is 0 Å². The van der Waals surface area contributed by atoms with Gasteiger partial charge in [-0.1, -0.05) is 6.07 Å². The van der Waals surface area contributed by atoms with E-state index in [4.69, 9.17) is 9.47 Å². The molecule has 0 bridgehead atoms. The molecule has 0 spiro atoms. The maximum absolute atomic E-state index is 5.36. The van der Waals surface area contributed by atoms with Crippen molar-refractivity contribution < 1.29 is 9.47 Å². The summed E-state index contributed by atoms with van der Waals surface area (Å²) in [6.45, 7) is 8.27. The number of hydrogen-bond acceptors (Lipinski definition) is 4. The second-order valence-corrected chi connectivity index (χ2v) is 6.57. The monoisotopic (exact) mass is 362 g/mol. The Bertz CT molecular complexity index is 557. The predicted octanol–water partition coefficient (Wildman–Crippen LogP) is 2.63. The maximum Gasteiger partial charge on any atom is 0.191 e. The van der Waals surface area contributed by atoms with Crippen molar-refractivity contribution in [2.45, 2.75) is 39.2 Å². The predicted molar refractivity (Wildman–Crippen MR) is 107 cm³/mol. The molecule has 0 radical (unpaired) electrons. The van der Waals surface area contributed by atoms with Crippen LogP contribution in [0, 0.1) is 0 Å². The van der Waals surface area contributed by atoms with Gasteiger partial charge < -0.3 is 25.0 Å². The van der Waals surface area contributed by atoms with Crippen molar-refractivity contribution in [3.8, 4) is 11.5 Å². The number of unbranched alkanes of at least 4 members (excludes halogenated alkanes) is 1. The molecule has 1 aromatic carbocycles. The van der Waals surface area contributed by atoms with E-state index >= 15 is 0 Å². The molecule has 6 nitrogen and oxygen atoms in total. The molecule has 6 heteroatoms. The van der Waals surface area contributed by atoms with Crippen LogP contribution in [-0.2, 0) is 6.54 Å². The van der Waals surface area contributed by atoms with Crippen LogP contribution in [0.2, 0.25) is 0 Å². The topological polar surface area (TPSA) is 58.1 Å². The van der Waals surface area contributed by atoms with Crippen molar-refractivity contribution in [1.82, 2.24) is 15.5 Å². The Morgan fingerprint density at radius 3 is 2.54 bits per heavy atom. The molecule has 1 aliphatic rings. The van der Waals surface area contributed by atoms with Crippen molar-refractivity contribution in [3.05, 3.63) is 23.8 Å². The molecule has 2 rings (SSSR count). The first-order valence-electron chi connectivity index (χ1n) is 9.72. The van der Waals surface area contributed by atoms with Gasteiger partial charge in [0, 0.05) is 13.1 Å². The Morgan fingerprint density at radius 2 is 1.85 bits per heavy atom. The molecule has 1 fully saturated rings. The standard InChI is InChI=1S/C20H34N4O2/c1-4-21-20(22-11-5-6-12-24-13-7-8-14-24)23-16-17-9-10-18(25-2)19(15-17)26-3/h9-10,15H,4-8,11-14,16H2,1-3H3,(H2,21,22,23). The summed E-state index contributed by atoms with van der Waals surface area (Å²) in [6, 6.07) is 5.91. The molecule has 26 heavy (non-hydrogen) atoms. The van der Waals surface area contributed by atoms with Gasteiger partial charge in [0.05, 0.1) is 20.8 Å². The Morgan fingerprint density at radius 1 is 1.08 bits per heavy atom. The molecule has 146 valence electrons. The SMILES string of the molecule is CCNC(=NCc1ccc(OC)c(OC)c1)NCCCCN1CCCC1.